The molecule has 2 N–H and O–H groups in total. The van der Waals surface area contributed by atoms with Crippen molar-refractivity contribution in [3.05, 3.63) is 35.9 Å². The third kappa shape index (κ3) is 6.76. The van der Waals surface area contributed by atoms with Crippen molar-refractivity contribution in [1.82, 2.24) is 20.4 Å². The molecular weight excluding hydrogens is 350 g/mol. The largest absolute Gasteiger partial charge is 0.379 e. The van der Waals surface area contributed by atoms with Crippen LogP contribution in [0.2, 0.25) is 0 Å². The van der Waals surface area contributed by atoms with E-state index in [2.05, 4.69) is 55.8 Å². The summed E-state index contributed by atoms with van der Waals surface area (Å²) in [6.07, 6.45) is 4.98. The van der Waals surface area contributed by atoms with Crippen LogP contribution in [0.1, 0.15) is 37.3 Å². The van der Waals surface area contributed by atoms with Gasteiger partial charge in [0, 0.05) is 33.2 Å². The van der Waals surface area contributed by atoms with Gasteiger partial charge >= 0.3 is 0 Å². The number of hydrogen-bond donors (Lipinski definition) is 2. The minimum absolute atomic E-state index is 0.406. The number of likely N-dealkylation sites (tertiary alicyclic amines) is 1. The molecule has 1 atom stereocenters. The molecule has 0 aliphatic carbocycles. The number of nitrogens with zero attached hydrogens (tertiary/aromatic N) is 3. The molecule has 0 bridgehead atoms. The number of hydrogen-bond acceptors (Lipinski definition) is 4. The zero-order chi connectivity index (χ0) is 19.4. The third-order valence-corrected chi connectivity index (χ3v) is 5.75. The average Bonchev–Trinajstić information content (AvgIpc) is 3.28. The minimum atomic E-state index is 0.406. The third-order valence-electron chi connectivity index (χ3n) is 5.75. The van der Waals surface area contributed by atoms with Gasteiger partial charge in [-0.25, -0.2) is 0 Å². The molecule has 2 aliphatic heterocycles. The average molecular weight is 388 g/mol. The summed E-state index contributed by atoms with van der Waals surface area (Å²) in [4.78, 5) is 9.51. The lowest BCUT2D eigenvalue weighted by Crippen LogP contribution is -2.43. The number of rotatable bonds is 9. The summed E-state index contributed by atoms with van der Waals surface area (Å²) in [6, 6.07) is 11.3. The standard InChI is InChI=1S/C22H37N5O/c1-23-22(24-11-5-6-12-26-15-17-28-18-16-26)25-19-21(27-13-7-8-14-27)20-9-3-2-4-10-20/h2-4,9-10,21H,5-8,11-19H2,1H3,(H2,23,24,25). The molecule has 156 valence electrons. The van der Waals surface area contributed by atoms with Gasteiger partial charge in [-0.15, -0.1) is 0 Å². The molecule has 2 aliphatic rings. The second-order valence-corrected chi connectivity index (χ2v) is 7.71. The Labute approximate surface area is 170 Å². The van der Waals surface area contributed by atoms with Crippen molar-refractivity contribution >= 4 is 5.96 Å². The monoisotopic (exact) mass is 387 g/mol. The summed E-state index contributed by atoms with van der Waals surface area (Å²) in [6.45, 7) is 9.32. The molecule has 1 aromatic carbocycles. The number of benzene rings is 1. The van der Waals surface area contributed by atoms with Crippen LogP contribution >= 0.6 is 0 Å². The van der Waals surface area contributed by atoms with Crippen LogP contribution < -0.4 is 10.6 Å². The Morgan fingerprint density at radius 1 is 1.04 bits per heavy atom. The lowest BCUT2D eigenvalue weighted by molar-refractivity contribution is 0.0372. The van der Waals surface area contributed by atoms with E-state index in [1.807, 2.05) is 7.05 Å². The van der Waals surface area contributed by atoms with E-state index in [1.165, 1.54) is 44.5 Å². The van der Waals surface area contributed by atoms with Gasteiger partial charge in [-0.2, -0.15) is 0 Å². The topological polar surface area (TPSA) is 52.1 Å². The van der Waals surface area contributed by atoms with Crippen molar-refractivity contribution in [3.8, 4) is 0 Å². The quantitative estimate of drug-likeness (QED) is 0.386. The number of nitrogens with one attached hydrogen (secondary N) is 2. The highest BCUT2D eigenvalue weighted by molar-refractivity contribution is 5.79. The zero-order valence-corrected chi connectivity index (χ0v) is 17.4. The Hall–Kier alpha value is -1.63. The number of unbranched alkanes of at least 4 members (excludes halogenated alkanes) is 1. The Morgan fingerprint density at radius 2 is 1.79 bits per heavy atom. The van der Waals surface area contributed by atoms with Gasteiger partial charge < -0.3 is 15.4 Å². The number of ether oxygens (including phenoxy) is 1. The normalized spacial score (nSPS) is 20.2. The molecule has 1 aromatic rings. The first-order valence-corrected chi connectivity index (χ1v) is 10.9. The SMILES string of the molecule is CN=C(NCCCCN1CCOCC1)NCC(c1ccccc1)N1CCCC1. The molecule has 0 radical (unpaired) electrons. The van der Waals surface area contributed by atoms with E-state index in [9.17, 15) is 0 Å². The first-order chi connectivity index (χ1) is 13.9. The molecule has 3 rings (SSSR count). The van der Waals surface area contributed by atoms with Gasteiger partial charge in [-0.3, -0.25) is 14.8 Å². The highest BCUT2D eigenvalue weighted by Crippen LogP contribution is 2.24. The fourth-order valence-corrected chi connectivity index (χ4v) is 4.09. The van der Waals surface area contributed by atoms with Crippen LogP contribution in [0.5, 0.6) is 0 Å². The first-order valence-electron chi connectivity index (χ1n) is 10.9. The van der Waals surface area contributed by atoms with E-state index in [1.54, 1.807) is 0 Å². The van der Waals surface area contributed by atoms with Crippen LogP contribution in [0.4, 0.5) is 0 Å². The van der Waals surface area contributed by atoms with Crippen LogP contribution in [0.25, 0.3) is 0 Å². The van der Waals surface area contributed by atoms with Gasteiger partial charge in [0.15, 0.2) is 5.96 Å². The second-order valence-electron chi connectivity index (χ2n) is 7.71. The Balaban J connectivity index is 1.39. The van der Waals surface area contributed by atoms with Gasteiger partial charge in [0.25, 0.3) is 0 Å². The molecule has 6 nitrogen and oxygen atoms in total. The molecule has 28 heavy (non-hydrogen) atoms. The number of aliphatic imine (C=N–C) groups is 1. The summed E-state index contributed by atoms with van der Waals surface area (Å²) in [5.41, 5.74) is 1.39. The van der Waals surface area contributed by atoms with Crippen molar-refractivity contribution in [1.29, 1.82) is 0 Å². The summed E-state index contributed by atoms with van der Waals surface area (Å²) in [5, 5.41) is 7.04. The maximum atomic E-state index is 5.41. The van der Waals surface area contributed by atoms with Crippen LogP contribution in [-0.4, -0.2) is 81.8 Å². The molecule has 0 amide bonds. The molecule has 6 heteroatoms. The molecule has 0 spiro atoms. The van der Waals surface area contributed by atoms with E-state index in [4.69, 9.17) is 4.74 Å². The summed E-state index contributed by atoms with van der Waals surface area (Å²) >= 11 is 0. The molecule has 2 fully saturated rings. The van der Waals surface area contributed by atoms with Crippen LogP contribution in [-0.2, 0) is 4.74 Å². The predicted molar refractivity (Wildman–Crippen MR) is 116 cm³/mol. The fourth-order valence-electron chi connectivity index (χ4n) is 4.09. The predicted octanol–water partition coefficient (Wildman–Crippen LogP) is 2.10. The van der Waals surface area contributed by atoms with Gasteiger partial charge in [0.05, 0.1) is 19.3 Å². The lowest BCUT2D eigenvalue weighted by atomic mass is 10.1. The van der Waals surface area contributed by atoms with Crippen molar-refractivity contribution < 1.29 is 4.74 Å². The van der Waals surface area contributed by atoms with Gasteiger partial charge in [0.2, 0.25) is 0 Å². The maximum Gasteiger partial charge on any atom is 0.191 e. The van der Waals surface area contributed by atoms with Crippen LogP contribution in [0, 0.1) is 0 Å². The van der Waals surface area contributed by atoms with E-state index in [0.717, 1.165) is 51.8 Å². The van der Waals surface area contributed by atoms with E-state index in [-0.39, 0.29) is 0 Å². The molecule has 2 saturated heterocycles. The Morgan fingerprint density at radius 3 is 2.50 bits per heavy atom. The Bertz CT molecular complexity index is 568. The van der Waals surface area contributed by atoms with Crippen molar-refractivity contribution in [2.24, 2.45) is 4.99 Å². The molecule has 0 aromatic heterocycles. The highest BCUT2D eigenvalue weighted by atomic mass is 16.5. The highest BCUT2D eigenvalue weighted by Gasteiger charge is 2.23. The van der Waals surface area contributed by atoms with E-state index < -0.39 is 0 Å². The maximum absolute atomic E-state index is 5.41. The number of guanidine groups is 1. The molecule has 1 unspecified atom stereocenters. The Kier molecular flexibility index (Phi) is 9.07. The zero-order valence-electron chi connectivity index (χ0n) is 17.4. The van der Waals surface area contributed by atoms with E-state index in [0.29, 0.717) is 6.04 Å². The van der Waals surface area contributed by atoms with Crippen molar-refractivity contribution in [3.63, 3.8) is 0 Å². The number of morpholine rings is 1. The minimum Gasteiger partial charge on any atom is -0.379 e. The molecule has 2 heterocycles. The second kappa shape index (κ2) is 12.0. The van der Waals surface area contributed by atoms with Crippen molar-refractivity contribution in [2.75, 3.05) is 66.1 Å². The van der Waals surface area contributed by atoms with Crippen LogP contribution in [0.15, 0.2) is 35.3 Å². The lowest BCUT2D eigenvalue weighted by Gasteiger charge is -2.29. The van der Waals surface area contributed by atoms with Gasteiger partial charge in [-0.1, -0.05) is 30.3 Å². The van der Waals surface area contributed by atoms with Gasteiger partial charge in [0.1, 0.15) is 0 Å². The summed E-state index contributed by atoms with van der Waals surface area (Å²) < 4.78 is 5.41. The molecular formula is C22H37N5O. The smallest absolute Gasteiger partial charge is 0.191 e. The first kappa shape index (κ1) is 21.1. The molecule has 0 saturated carbocycles. The summed E-state index contributed by atoms with van der Waals surface area (Å²) in [5.74, 6) is 0.909. The van der Waals surface area contributed by atoms with Crippen LogP contribution in [0.3, 0.4) is 0 Å². The fraction of sp³-hybridized carbons (Fsp3) is 0.682. The van der Waals surface area contributed by atoms with Gasteiger partial charge in [-0.05, 0) is 50.9 Å². The van der Waals surface area contributed by atoms with E-state index >= 15 is 0 Å². The summed E-state index contributed by atoms with van der Waals surface area (Å²) in [7, 11) is 1.86. The van der Waals surface area contributed by atoms with Crippen molar-refractivity contribution in [2.45, 2.75) is 31.7 Å².